The monoisotopic (exact) mass is 636 g/mol. The summed E-state index contributed by atoms with van der Waals surface area (Å²) in [6.07, 6.45) is 0. The van der Waals surface area contributed by atoms with Gasteiger partial charge in [-0.1, -0.05) is 140 Å². The maximum atomic E-state index is 6.69. The molecule has 9 aromatic carbocycles. The average Bonchev–Trinajstić information content (AvgIpc) is 3.75. The summed E-state index contributed by atoms with van der Waals surface area (Å²) >= 11 is 0. The lowest BCUT2D eigenvalue weighted by atomic mass is 9.86. The molecule has 0 saturated carbocycles. The first-order valence-electron chi connectivity index (χ1n) is 17.1. The molecule has 0 atom stereocenters. The summed E-state index contributed by atoms with van der Waals surface area (Å²) in [6, 6.07) is 60.7. The molecular formula is C48H28O2. The molecule has 0 unspecified atom stereocenters. The highest BCUT2D eigenvalue weighted by molar-refractivity contribution is 6.22. The number of para-hydroxylation sites is 1. The highest BCUT2D eigenvalue weighted by Gasteiger charge is 2.19. The lowest BCUT2D eigenvalue weighted by molar-refractivity contribution is 0.669. The van der Waals surface area contributed by atoms with Crippen molar-refractivity contribution in [1.29, 1.82) is 0 Å². The van der Waals surface area contributed by atoms with Crippen LogP contribution in [0.25, 0.3) is 110 Å². The molecular weight excluding hydrogens is 609 g/mol. The largest absolute Gasteiger partial charge is 0.456 e. The van der Waals surface area contributed by atoms with Crippen molar-refractivity contribution in [2.24, 2.45) is 0 Å². The van der Waals surface area contributed by atoms with Gasteiger partial charge in [0, 0.05) is 32.5 Å². The maximum absolute atomic E-state index is 6.69. The van der Waals surface area contributed by atoms with E-state index in [0.717, 1.165) is 66.0 Å². The van der Waals surface area contributed by atoms with E-state index in [1.165, 1.54) is 43.6 Å². The molecule has 11 rings (SSSR count). The minimum atomic E-state index is 0.863. The lowest BCUT2D eigenvalue weighted by Gasteiger charge is -2.17. The molecule has 232 valence electrons. The number of benzene rings is 9. The van der Waals surface area contributed by atoms with Crippen molar-refractivity contribution >= 4 is 76.2 Å². The summed E-state index contributed by atoms with van der Waals surface area (Å²) in [6.45, 7) is 0. The summed E-state index contributed by atoms with van der Waals surface area (Å²) < 4.78 is 13.4. The Morgan fingerprint density at radius 3 is 1.50 bits per heavy atom. The topological polar surface area (TPSA) is 26.3 Å². The highest BCUT2D eigenvalue weighted by Crippen LogP contribution is 2.45. The molecule has 50 heavy (non-hydrogen) atoms. The van der Waals surface area contributed by atoms with Crippen LogP contribution in [0, 0.1) is 0 Å². The summed E-state index contributed by atoms with van der Waals surface area (Å²) in [5.74, 6) is 0. The third kappa shape index (κ3) is 3.90. The Labute approximate surface area is 287 Å². The number of hydrogen-bond acceptors (Lipinski definition) is 2. The number of hydrogen-bond donors (Lipinski definition) is 0. The molecule has 2 nitrogen and oxygen atoms in total. The van der Waals surface area contributed by atoms with Gasteiger partial charge in [0.25, 0.3) is 0 Å². The van der Waals surface area contributed by atoms with Crippen molar-refractivity contribution in [3.63, 3.8) is 0 Å². The highest BCUT2D eigenvalue weighted by atomic mass is 16.3. The standard InChI is InChI=1S/C48H28O2/c1-2-12-30(13-3-1)45-37-15-6-8-17-39(37)46(40-18-9-7-16-38(40)45)32-23-25-36-35-24-22-31(27-43(35)49-44(36)28-32)34-19-10-20-41-42-26-21-29-11-4-5-14-33(29)47(42)50-48(34)41/h1-28H. The second kappa shape index (κ2) is 10.4. The molecule has 0 aliphatic heterocycles. The van der Waals surface area contributed by atoms with Gasteiger partial charge in [0.05, 0.1) is 0 Å². The quantitative estimate of drug-likeness (QED) is 0.180. The number of rotatable bonds is 3. The first-order valence-corrected chi connectivity index (χ1v) is 17.1. The van der Waals surface area contributed by atoms with Crippen molar-refractivity contribution in [2.45, 2.75) is 0 Å². The molecule has 2 heterocycles. The summed E-state index contributed by atoms with van der Waals surface area (Å²) in [4.78, 5) is 0. The Balaban J connectivity index is 1.09. The Morgan fingerprint density at radius 1 is 0.280 bits per heavy atom. The smallest absolute Gasteiger partial charge is 0.143 e. The lowest BCUT2D eigenvalue weighted by Crippen LogP contribution is -1.90. The van der Waals surface area contributed by atoms with Crippen LogP contribution in [0.2, 0.25) is 0 Å². The van der Waals surface area contributed by atoms with Crippen molar-refractivity contribution in [2.75, 3.05) is 0 Å². The van der Waals surface area contributed by atoms with Crippen LogP contribution in [-0.4, -0.2) is 0 Å². The van der Waals surface area contributed by atoms with Gasteiger partial charge in [0.15, 0.2) is 0 Å². The van der Waals surface area contributed by atoms with E-state index in [-0.39, 0.29) is 0 Å². The van der Waals surface area contributed by atoms with Crippen LogP contribution < -0.4 is 0 Å². The van der Waals surface area contributed by atoms with Gasteiger partial charge >= 0.3 is 0 Å². The van der Waals surface area contributed by atoms with Crippen LogP contribution in [-0.2, 0) is 0 Å². The summed E-state index contributed by atoms with van der Waals surface area (Å²) in [5.41, 5.74) is 10.6. The zero-order valence-corrected chi connectivity index (χ0v) is 27.0. The molecule has 0 spiro atoms. The van der Waals surface area contributed by atoms with Gasteiger partial charge in [-0.3, -0.25) is 0 Å². The Morgan fingerprint density at radius 2 is 0.800 bits per heavy atom. The fraction of sp³-hybridized carbons (Fsp3) is 0. The molecule has 0 radical (unpaired) electrons. The molecule has 2 heteroatoms. The molecule has 0 aliphatic rings. The van der Waals surface area contributed by atoms with Crippen LogP contribution in [0.4, 0.5) is 0 Å². The van der Waals surface area contributed by atoms with Gasteiger partial charge < -0.3 is 8.83 Å². The van der Waals surface area contributed by atoms with E-state index in [1.807, 2.05) is 0 Å². The minimum absolute atomic E-state index is 0.863. The molecule has 0 amide bonds. The maximum Gasteiger partial charge on any atom is 0.143 e. The molecule has 2 aromatic heterocycles. The van der Waals surface area contributed by atoms with Gasteiger partial charge in [0.2, 0.25) is 0 Å². The first-order chi connectivity index (χ1) is 24.8. The van der Waals surface area contributed by atoms with Gasteiger partial charge in [0.1, 0.15) is 22.3 Å². The molecule has 11 aromatic rings. The Kier molecular flexibility index (Phi) is 5.70. The third-order valence-electron chi connectivity index (χ3n) is 10.5. The predicted molar refractivity (Wildman–Crippen MR) is 210 cm³/mol. The zero-order valence-electron chi connectivity index (χ0n) is 27.0. The van der Waals surface area contributed by atoms with Crippen LogP contribution in [0.15, 0.2) is 179 Å². The fourth-order valence-electron chi connectivity index (χ4n) is 8.21. The molecule has 0 bridgehead atoms. The van der Waals surface area contributed by atoms with Crippen molar-refractivity contribution < 1.29 is 8.83 Å². The van der Waals surface area contributed by atoms with Crippen LogP contribution >= 0.6 is 0 Å². The van der Waals surface area contributed by atoms with E-state index >= 15 is 0 Å². The minimum Gasteiger partial charge on any atom is -0.456 e. The van der Waals surface area contributed by atoms with Crippen molar-refractivity contribution in [1.82, 2.24) is 0 Å². The van der Waals surface area contributed by atoms with E-state index in [4.69, 9.17) is 8.83 Å². The second-order valence-electron chi connectivity index (χ2n) is 13.2. The second-order valence-corrected chi connectivity index (χ2v) is 13.2. The molecule has 0 N–H and O–H groups in total. The van der Waals surface area contributed by atoms with E-state index in [0.29, 0.717) is 0 Å². The molecule has 0 saturated heterocycles. The first kappa shape index (κ1) is 27.3. The van der Waals surface area contributed by atoms with Gasteiger partial charge in [-0.05, 0) is 85.1 Å². The van der Waals surface area contributed by atoms with E-state index in [9.17, 15) is 0 Å². The Bertz CT molecular complexity index is 3080. The van der Waals surface area contributed by atoms with Crippen molar-refractivity contribution in [3.05, 3.63) is 170 Å². The van der Waals surface area contributed by atoms with Crippen LogP contribution in [0.5, 0.6) is 0 Å². The van der Waals surface area contributed by atoms with Crippen LogP contribution in [0.3, 0.4) is 0 Å². The van der Waals surface area contributed by atoms with E-state index in [2.05, 4.69) is 170 Å². The number of furan rings is 2. The summed E-state index contributed by atoms with van der Waals surface area (Å²) in [5, 5.41) is 11.7. The zero-order chi connectivity index (χ0) is 32.8. The average molecular weight is 637 g/mol. The van der Waals surface area contributed by atoms with Crippen molar-refractivity contribution in [3.8, 4) is 33.4 Å². The van der Waals surface area contributed by atoms with Gasteiger partial charge in [-0.25, -0.2) is 0 Å². The normalized spacial score (nSPS) is 12.0. The predicted octanol–water partition coefficient (Wildman–Crippen LogP) is 13.9. The SMILES string of the molecule is c1ccc(-c2c3ccccc3c(-c3ccc4c(c3)oc3cc(-c5cccc6c5oc5c7ccccc7ccc65)ccc34)c3ccccc23)cc1. The third-order valence-corrected chi connectivity index (χ3v) is 10.5. The fourth-order valence-corrected chi connectivity index (χ4v) is 8.21. The molecule has 0 fully saturated rings. The number of fused-ring (bicyclic) bond motifs is 10. The van der Waals surface area contributed by atoms with E-state index < -0.39 is 0 Å². The Hall–Kier alpha value is -6.64. The van der Waals surface area contributed by atoms with Gasteiger partial charge in [-0.2, -0.15) is 0 Å². The molecule has 0 aliphatic carbocycles. The van der Waals surface area contributed by atoms with E-state index in [1.54, 1.807) is 0 Å². The summed E-state index contributed by atoms with van der Waals surface area (Å²) in [7, 11) is 0. The van der Waals surface area contributed by atoms with Gasteiger partial charge in [-0.15, -0.1) is 0 Å². The van der Waals surface area contributed by atoms with Crippen LogP contribution in [0.1, 0.15) is 0 Å².